The molecule has 0 fully saturated rings. The van der Waals surface area contributed by atoms with E-state index in [2.05, 4.69) is 18.4 Å². The highest BCUT2D eigenvalue weighted by Crippen LogP contribution is 2.11. The van der Waals surface area contributed by atoms with Crippen molar-refractivity contribution in [2.75, 3.05) is 13.7 Å². The SMILES string of the molecule is C=C(C#Cc1ccc(OC)cc1)COc1ccccc1. The first-order valence-electron chi connectivity index (χ1n) is 6.29. The van der Waals surface area contributed by atoms with Gasteiger partial charge in [0.05, 0.1) is 7.11 Å². The van der Waals surface area contributed by atoms with Crippen molar-refractivity contribution in [3.05, 3.63) is 72.3 Å². The van der Waals surface area contributed by atoms with E-state index in [4.69, 9.17) is 9.47 Å². The minimum atomic E-state index is 0.396. The predicted octanol–water partition coefficient (Wildman–Crippen LogP) is 3.68. The lowest BCUT2D eigenvalue weighted by Gasteiger charge is -2.03. The van der Waals surface area contributed by atoms with Gasteiger partial charge in [0, 0.05) is 11.1 Å². The normalized spacial score (nSPS) is 9.25. The van der Waals surface area contributed by atoms with Gasteiger partial charge >= 0.3 is 0 Å². The third kappa shape index (κ3) is 4.22. The molecule has 2 nitrogen and oxygen atoms in total. The highest BCUT2D eigenvalue weighted by molar-refractivity contribution is 5.42. The van der Waals surface area contributed by atoms with Crippen LogP contribution in [0, 0.1) is 11.8 Å². The van der Waals surface area contributed by atoms with Crippen LogP contribution in [0.1, 0.15) is 5.56 Å². The molecule has 0 saturated carbocycles. The first-order chi connectivity index (χ1) is 9.78. The fraction of sp³-hybridized carbons (Fsp3) is 0.111. The molecule has 0 radical (unpaired) electrons. The van der Waals surface area contributed by atoms with Crippen LogP contribution in [-0.2, 0) is 0 Å². The van der Waals surface area contributed by atoms with Crippen LogP contribution < -0.4 is 9.47 Å². The molecule has 0 aliphatic rings. The van der Waals surface area contributed by atoms with Crippen LogP contribution in [0.5, 0.6) is 11.5 Å². The van der Waals surface area contributed by atoms with Crippen molar-refractivity contribution in [2.24, 2.45) is 0 Å². The number of hydrogen-bond donors (Lipinski definition) is 0. The molecular weight excluding hydrogens is 248 g/mol. The number of hydrogen-bond acceptors (Lipinski definition) is 2. The van der Waals surface area contributed by atoms with Gasteiger partial charge in [0.15, 0.2) is 0 Å². The largest absolute Gasteiger partial charge is 0.497 e. The lowest BCUT2D eigenvalue weighted by atomic mass is 10.2. The van der Waals surface area contributed by atoms with Crippen LogP contribution in [0.2, 0.25) is 0 Å². The molecule has 0 aliphatic heterocycles. The zero-order chi connectivity index (χ0) is 14.2. The summed E-state index contributed by atoms with van der Waals surface area (Å²) >= 11 is 0. The Balaban J connectivity index is 1.89. The van der Waals surface area contributed by atoms with E-state index in [0.717, 1.165) is 22.6 Å². The fourth-order valence-electron chi connectivity index (χ4n) is 1.56. The third-order valence-corrected chi connectivity index (χ3v) is 2.63. The van der Waals surface area contributed by atoms with E-state index in [0.29, 0.717) is 6.61 Å². The molecular formula is C18H16O2. The average Bonchev–Trinajstić information content (AvgIpc) is 2.52. The molecule has 0 saturated heterocycles. The predicted molar refractivity (Wildman–Crippen MR) is 80.9 cm³/mol. The summed E-state index contributed by atoms with van der Waals surface area (Å²) in [5.41, 5.74) is 1.66. The second-order valence-electron chi connectivity index (χ2n) is 4.18. The van der Waals surface area contributed by atoms with E-state index in [1.165, 1.54) is 0 Å². The summed E-state index contributed by atoms with van der Waals surface area (Å²) in [4.78, 5) is 0. The standard InChI is InChI=1S/C18H16O2/c1-15(14-20-18-6-4-3-5-7-18)8-9-16-10-12-17(19-2)13-11-16/h3-7,10-13H,1,14H2,2H3. The molecule has 0 atom stereocenters. The number of ether oxygens (including phenoxy) is 2. The van der Waals surface area contributed by atoms with Crippen LogP contribution >= 0.6 is 0 Å². The second-order valence-corrected chi connectivity index (χ2v) is 4.18. The summed E-state index contributed by atoms with van der Waals surface area (Å²) in [7, 11) is 1.64. The van der Waals surface area contributed by atoms with Gasteiger partial charge in [-0.25, -0.2) is 0 Å². The fourth-order valence-corrected chi connectivity index (χ4v) is 1.56. The number of para-hydroxylation sites is 1. The first kappa shape index (κ1) is 13.8. The summed E-state index contributed by atoms with van der Waals surface area (Å²) in [5.74, 6) is 7.68. The maximum absolute atomic E-state index is 5.57. The molecule has 20 heavy (non-hydrogen) atoms. The van der Waals surface area contributed by atoms with Crippen LogP contribution in [0.4, 0.5) is 0 Å². The minimum Gasteiger partial charge on any atom is -0.497 e. The molecule has 2 heteroatoms. The van der Waals surface area contributed by atoms with E-state index in [1.54, 1.807) is 7.11 Å². The Hall–Kier alpha value is -2.66. The smallest absolute Gasteiger partial charge is 0.120 e. The summed E-state index contributed by atoms with van der Waals surface area (Å²) in [6.45, 7) is 4.29. The Bertz CT molecular complexity index is 616. The number of benzene rings is 2. The zero-order valence-electron chi connectivity index (χ0n) is 11.4. The van der Waals surface area contributed by atoms with E-state index in [-0.39, 0.29) is 0 Å². The molecule has 0 N–H and O–H groups in total. The highest BCUT2D eigenvalue weighted by atomic mass is 16.5. The Morgan fingerprint density at radius 1 is 1.00 bits per heavy atom. The van der Waals surface area contributed by atoms with Crippen LogP contribution in [0.25, 0.3) is 0 Å². The van der Waals surface area contributed by atoms with Crippen molar-refractivity contribution in [2.45, 2.75) is 0 Å². The summed E-state index contributed by atoms with van der Waals surface area (Å²) in [6, 6.07) is 17.2. The maximum atomic E-state index is 5.57. The van der Waals surface area contributed by atoms with E-state index < -0.39 is 0 Å². The van der Waals surface area contributed by atoms with Gasteiger partial charge in [0.1, 0.15) is 18.1 Å². The van der Waals surface area contributed by atoms with Gasteiger partial charge in [0.25, 0.3) is 0 Å². The van der Waals surface area contributed by atoms with Crippen molar-refractivity contribution in [3.8, 4) is 23.3 Å². The molecule has 0 heterocycles. The molecule has 0 amide bonds. The zero-order valence-corrected chi connectivity index (χ0v) is 11.4. The van der Waals surface area contributed by atoms with Crippen molar-refractivity contribution < 1.29 is 9.47 Å². The minimum absolute atomic E-state index is 0.396. The Labute approximate surface area is 119 Å². The van der Waals surface area contributed by atoms with Gasteiger partial charge in [-0.05, 0) is 36.4 Å². The van der Waals surface area contributed by atoms with Gasteiger partial charge < -0.3 is 9.47 Å². The molecule has 2 aromatic carbocycles. The molecule has 2 rings (SSSR count). The highest BCUT2D eigenvalue weighted by Gasteiger charge is 1.94. The van der Waals surface area contributed by atoms with E-state index >= 15 is 0 Å². The van der Waals surface area contributed by atoms with Crippen LogP contribution in [0.15, 0.2) is 66.7 Å². The monoisotopic (exact) mass is 264 g/mol. The quantitative estimate of drug-likeness (QED) is 0.784. The third-order valence-electron chi connectivity index (χ3n) is 2.63. The Morgan fingerprint density at radius 3 is 2.35 bits per heavy atom. The summed E-state index contributed by atoms with van der Waals surface area (Å²) in [5, 5.41) is 0. The molecule has 0 spiro atoms. The molecule has 0 bridgehead atoms. The van der Waals surface area contributed by atoms with Crippen molar-refractivity contribution in [1.29, 1.82) is 0 Å². The average molecular weight is 264 g/mol. The van der Waals surface area contributed by atoms with Gasteiger partial charge in [-0.15, -0.1) is 0 Å². The van der Waals surface area contributed by atoms with Gasteiger partial charge in [-0.3, -0.25) is 0 Å². The molecule has 100 valence electrons. The number of methoxy groups -OCH3 is 1. The van der Waals surface area contributed by atoms with Crippen LogP contribution in [0.3, 0.4) is 0 Å². The molecule has 0 aromatic heterocycles. The van der Waals surface area contributed by atoms with Crippen molar-refractivity contribution in [3.63, 3.8) is 0 Å². The Morgan fingerprint density at radius 2 is 1.70 bits per heavy atom. The topological polar surface area (TPSA) is 18.5 Å². The second kappa shape index (κ2) is 7.06. The maximum Gasteiger partial charge on any atom is 0.120 e. The number of rotatable bonds is 4. The van der Waals surface area contributed by atoms with Gasteiger partial charge in [0.2, 0.25) is 0 Å². The van der Waals surface area contributed by atoms with E-state index in [1.807, 2.05) is 54.6 Å². The summed E-state index contributed by atoms with van der Waals surface area (Å²) in [6.07, 6.45) is 0. The van der Waals surface area contributed by atoms with Gasteiger partial charge in [-0.1, -0.05) is 36.6 Å². The molecule has 0 unspecified atom stereocenters. The molecule has 0 aliphatic carbocycles. The van der Waals surface area contributed by atoms with E-state index in [9.17, 15) is 0 Å². The van der Waals surface area contributed by atoms with Crippen LogP contribution in [-0.4, -0.2) is 13.7 Å². The lowest BCUT2D eigenvalue weighted by molar-refractivity contribution is 0.357. The lowest BCUT2D eigenvalue weighted by Crippen LogP contribution is -1.98. The molecule has 2 aromatic rings. The summed E-state index contributed by atoms with van der Waals surface area (Å²) < 4.78 is 10.7. The van der Waals surface area contributed by atoms with Gasteiger partial charge in [-0.2, -0.15) is 0 Å². The first-order valence-corrected chi connectivity index (χ1v) is 6.29. The van der Waals surface area contributed by atoms with Crippen molar-refractivity contribution >= 4 is 0 Å². The Kier molecular flexibility index (Phi) is 4.86. The van der Waals surface area contributed by atoms with Crippen molar-refractivity contribution in [1.82, 2.24) is 0 Å².